The lowest BCUT2D eigenvalue weighted by Gasteiger charge is -2.32. The zero-order chi connectivity index (χ0) is 18.4. The van der Waals surface area contributed by atoms with Gasteiger partial charge in [-0.3, -0.25) is 4.79 Å². The van der Waals surface area contributed by atoms with Crippen LogP contribution in [-0.2, 0) is 0 Å². The minimum absolute atomic E-state index is 0.00698. The predicted molar refractivity (Wildman–Crippen MR) is 95.7 cm³/mol. The molecule has 1 aliphatic heterocycles. The number of hydrogen-bond acceptors (Lipinski definition) is 6. The molecule has 1 aromatic heterocycles. The predicted octanol–water partition coefficient (Wildman–Crippen LogP) is 2.57. The third-order valence-corrected chi connectivity index (χ3v) is 4.18. The number of carbonyl (C=O) groups is 1. The molecule has 1 amide bonds. The van der Waals surface area contributed by atoms with E-state index in [4.69, 9.17) is 14.2 Å². The van der Waals surface area contributed by atoms with Crippen molar-refractivity contribution in [3.8, 4) is 17.5 Å². The fourth-order valence-corrected chi connectivity index (χ4v) is 2.95. The number of rotatable bonds is 6. The fourth-order valence-electron chi connectivity index (χ4n) is 2.95. The Balaban J connectivity index is 1.65. The van der Waals surface area contributed by atoms with Crippen LogP contribution >= 0.6 is 0 Å². The zero-order valence-electron chi connectivity index (χ0n) is 15.1. The van der Waals surface area contributed by atoms with Crippen molar-refractivity contribution in [2.45, 2.75) is 25.9 Å². The standard InChI is InChI=1S/C19H23N3O4/c1-3-25-15-8-6-14(7-9-15)19(23)22-12-4-5-16(13-22)26-18-17(24-2)20-10-11-21-18/h6-11,16H,3-5,12-13H2,1-2H3. The van der Waals surface area contributed by atoms with Gasteiger partial charge in [0.05, 0.1) is 20.3 Å². The average Bonchev–Trinajstić information content (AvgIpc) is 2.69. The van der Waals surface area contributed by atoms with Gasteiger partial charge >= 0.3 is 0 Å². The molecular weight excluding hydrogens is 334 g/mol. The highest BCUT2D eigenvalue weighted by Crippen LogP contribution is 2.24. The summed E-state index contributed by atoms with van der Waals surface area (Å²) in [5, 5.41) is 0. The van der Waals surface area contributed by atoms with Gasteiger partial charge in [-0.05, 0) is 44.0 Å². The van der Waals surface area contributed by atoms with Gasteiger partial charge in [0.25, 0.3) is 17.7 Å². The molecule has 0 aliphatic carbocycles. The van der Waals surface area contributed by atoms with Crippen LogP contribution in [0.3, 0.4) is 0 Å². The molecule has 0 saturated carbocycles. The van der Waals surface area contributed by atoms with Crippen molar-refractivity contribution in [2.24, 2.45) is 0 Å². The molecule has 0 N–H and O–H groups in total. The largest absolute Gasteiger partial charge is 0.494 e. The minimum Gasteiger partial charge on any atom is -0.494 e. The van der Waals surface area contributed by atoms with Crippen molar-refractivity contribution in [3.63, 3.8) is 0 Å². The maximum absolute atomic E-state index is 12.8. The number of nitrogens with zero attached hydrogens (tertiary/aromatic N) is 3. The number of aromatic nitrogens is 2. The van der Waals surface area contributed by atoms with Crippen LogP contribution in [0.25, 0.3) is 0 Å². The molecule has 138 valence electrons. The van der Waals surface area contributed by atoms with E-state index in [0.29, 0.717) is 37.0 Å². The van der Waals surface area contributed by atoms with E-state index in [-0.39, 0.29) is 12.0 Å². The molecule has 0 spiro atoms. The van der Waals surface area contributed by atoms with Gasteiger partial charge in [0.1, 0.15) is 11.9 Å². The van der Waals surface area contributed by atoms with Crippen molar-refractivity contribution >= 4 is 5.91 Å². The van der Waals surface area contributed by atoms with Crippen molar-refractivity contribution in [3.05, 3.63) is 42.2 Å². The molecule has 7 nitrogen and oxygen atoms in total. The number of amides is 1. The molecule has 2 aromatic rings. The number of carbonyl (C=O) groups excluding carboxylic acids is 1. The zero-order valence-corrected chi connectivity index (χ0v) is 15.1. The summed E-state index contributed by atoms with van der Waals surface area (Å²) < 4.78 is 16.5. The van der Waals surface area contributed by atoms with Gasteiger partial charge in [0, 0.05) is 24.5 Å². The van der Waals surface area contributed by atoms with E-state index >= 15 is 0 Å². The van der Waals surface area contributed by atoms with E-state index in [1.807, 2.05) is 24.0 Å². The Bertz CT molecular complexity index is 736. The van der Waals surface area contributed by atoms with Gasteiger partial charge in [0.15, 0.2) is 0 Å². The number of benzene rings is 1. The second-order valence-corrected chi connectivity index (χ2v) is 5.96. The number of ether oxygens (including phenoxy) is 3. The number of likely N-dealkylation sites (tertiary alicyclic amines) is 1. The first kappa shape index (κ1) is 18.0. The molecule has 1 fully saturated rings. The highest BCUT2D eigenvalue weighted by atomic mass is 16.5. The molecule has 1 atom stereocenters. The first-order chi connectivity index (χ1) is 12.7. The summed E-state index contributed by atoms with van der Waals surface area (Å²) in [4.78, 5) is 22.8. The van der Waals surface area contributed by atoms with E-state index in [1.165, 1.54) is 7.11 Å². The summed E-state index contributed by atoms with van der Waals surface area (Å²) in [6.07, 6.45) is 4.70. The Hall–Kier alpha value is -2.83. The van der Waals surface area contributed by atoms with Gasteiger partial charge in [-0.25, -0.2) is 9.97 Å². The van der Waals surface area contributed by atoms with E-state index < -0.39 is 0 Å². The quantitative estimate of drug-likeness (QED) is 0.791. The summed E-state index contributed by atoms with van der Waals surface area (Å²) in [6, 6.07) is 7.23. The molecular formula is C19H23N3O4. The van der Waals surface area contributed by atoms with E-state index in [2.05, 4.69) is 9.97 Å². The molecule has 0 bridgehead atoms. The fraction of sp³-hybridized carbons (Fsp3) is 0.421. The summed E-state index contributed by atoms with van der Waals surface area (Å²) in [5.74, 6) is 1.46. The van der Waals surface area contributed by atoms with Crippen LogP contribution in [0.5, 0.6) is 17.5 Å². The Morgan fingerprint density at radius 3 is 2.62 bits per heavy atom. The van der Waals surface area contributed by atoms with Gasteiger partial charge in [-0.2, -0.15) is 0 Å². The van der Waals surface area contributed by atoms with Crippen LogP contribution in [0.4, 0.5) is 0 Å². The molecule has 7 heteroatoms. The maximum Gasteiger partial charge on any atom is 0.278 e. The van der Waals surface area contributed by atoms with Crippen LogP contribution in [0.2, 0.25) is 0 Å². The van der Waals surface area contributed by atoms with Crippen LogP contribution in [0.15, 0.2) is 36.7 Å². The Kier molecular flexibility index (Phi) is 5.88. The molecule has 0 radical (unpaired) electrons. The summed E-state index contributed by atoms with van der Waals surface area (Å²) in [5.41, 5.74) is 0.645. The second kappa shape index (κ2) is 8.51. The van der Waals surface area contributed by atoms with Crippen molar-refractivity contribution in [1.82, 2.24) is 14.9 Å². The number of methoxy groups -OCH3 is 1. The SMILES string of the molecule is CCOc1ccc(C(=O)N2CCCC(Oc3nccnc3OC)C2)cc1. The number of hydrogen-bond donors (Lipinski definition) is 0. The monoisotopic (exact) mass is 357 g/mol. The highest BCUT2D eigenvalue weighted by Gasteiger charge is 2.27. The first-order valence-electron chi connectivity index (χ1n) is 8.75. The highest BCUT2D eigenvalue weighted by molar-refractivity contribution is 5.94. The lowest BCUT2D eigenvalue weighted by atomic mass is 10.1. The summed E-state index contributed by atoms with van der Waals surface area (Å²) >= 11 is 0. The maximum atomic E-state index is 12.8. The third-order valence-electron chi connectivity index (χ3n) is 4.18. The average molecular weight is 357 g/mol. The molecule has 1 aliphatic rings. The van der Waals surface area contributed by atoms with E-state index in [0.717, 1.165) is 18.6 Å². The Morgan fingerprint density at radius 2 is 1.92 bits per heavy atom. The second-order valence-electron chi connectivity index (χ2n) is 5.96. The van der Waals surface area contributed by atoms with Crippen molar-refractivity contribution in [2.75, 3.05) is 26.8 Å². The van der Waals surface area contributed by atoms with Gasteiger partial charge in [-0.1, -0.05) is 0 Å². The summed E-state index contributed by atoms with van der Waals surface area (Å²) in [7, 11) is 1.53. The molecule has 1 unspecified atom stereocenters. The molecule has 3 rings (SSSR count). The van der Waals surface area contributed by atoms with Crippen LogP contribution < -0.4 is 14.2 Å². The molecule has 1 aromatic carbocycles. The van der Waals surface area contributed by atoms with Gasteiger partial charge in [-0.15, -0.1) is 0 Å². The molecule has 1 saturated heterocycles. The third kappa shape index (κ3) is 4.22. The number of piperidine rings is 1. The Labute approximate surface area is 152 Å². The Morgan fingerprint density at radius 1 is 1.19 bits per heavy atom. The lowest BCUT2D eigenvalue weighted by molar-refractivity contribution is 0.0519. The lowest BCUT2D eigenvalue weighted by Crippen LogP contribution is -2.44. The van der Waals surface area contributed by atoms with Crippen LogP contribution in [-0.4, -0.2) is 53.7 Å². The van der Waals surface area contributed by atoms with Crippen LogP contribution in [0, 0.1) is 0 Å². The van der Waals surface area contributed by atoms with Crippen molar-refractivity contribution in [1.29, 1.82) is 0 Å². The minimum atomic E-state index is -0.138. The van der Waals surface area contributed by atoms with Crippen molar-refractivity contribution < 1.29 is 19.0 Å². The van der Waals surface area contributed by atoms with Gasteiger partial charge in [0.2, 0.25) is 0 Å². The topological polar surface area (TPSA) is 73.8 Å². The summed E-state index contributed by atoms with van der Waals surface area (Å²) in [6.45, 7) is 3.75. The van der Waals surface area contributed by atoms with Gasteiger partial charge < -0.3 is 19.1 Å². The molecule has 26 heavy (non-hydrogen) atoms. The van der Waals surface area contributed by atoms with Crippen LogP contribution in [0.1, 0.15) is 30.1 Å². The smallest absolute Gasteiger partial charge is 0.278 e. The first-order valence-corrected chi connectivity index (χ1v) is 8.75. The van der Waals surface area contributed by atoms with E-state index in [1.54, 1.807) is 24.5 Å². The molecule has 2 heterocycles. The normalized spacial score (nSPS) is 16.8. The van der Waals surface area contributed by atoms with E-state index in [9.17, 15) is 4.79 Å².